The Morgan fingerprint density at radius 3 is 2.80 bits per heavy atom. The number of benzene rings is 1. The molecule has 0 aliphatic heterocycles. The maximum atomic E-state index is 11.8. The normalized spacial score (nSPS) is 10.3. The summed E-state index contributed by atoms with van der Waals surface area (Å²) in [6.07, 6.45) is 2.51. The summed E-state index contributed by atoms with van der Waals surface area (Å²) in [5.41, 5.74) is 1.25. The Morgan fingerprint density at radius 2 is 2.15 bits per heavy atom. The van der Waals surface area contributed by atoms with Gasteiger partial charge in [-0.05, 0) is 50.7 Å². The summed E-state index contributed by atoms with van der Waals surface area (Å²) in [6.45, 7) is 7.37. The van der Waals surface area contributed by atoms with Crippen molar-refractivity contribution in [3.8, 4) is 6.07 Å². The topological polar surface area (TPSA) is 56.1 Å². The maximum absolute atomic E-state index is 11.8. The SMILES string of the molecule is CCCN(CC)CCCC(=O)Nc1cccc(C#N)c1. The van der Waals surface area contributed by atoms with Crippen molar-refractivity contribution in [3.63, 3.8) is 0 Å². The Kier molecular flexibility index (Phi) is 7.38. The number of nitriles is 1. The summed E-state index contributed by atoms with van der Waals surface area (Å²) in [7, 11) is 0. The van der Waals surface area contributed by atoms with E-state index in [-0.39, 0.29) is 5.91 Å². The maximum Gasteiger partial charge on any atom is 0.224 e. The van der Waals surface area contributed by atoms with E-state index in [2.05, 4.69) is 30.1 Å². The zero-order valence-corrected chi connectivity index (χ0v) is 12.4. The van der Waals surface area contributed by atoms with Gasteiger partial charge in [0.1, 0.15) is 0 Å². The van der Waals surface area contributed by atoms with Crippen molar-refractivity contribution in [3.05, 3.63) is 29.8 Å². The lowest BCUT2D eigenvalue weighted by Gasteiger charge is -2.18. The van der Waals surface area contributed by atoms with E-state index in [9.17, 15) is 4.79 Å². The standard InChI is InChI=1S/C16H23N3O/c1-3-10-19(4-2)11-6-9-16(20)18-15-8-5-7-14(12-15)13-17/h5,7-8,12H,3-4,6,9-11H2,1-2H3,(H,18,20). The van der Waals surface area contributed by atoms with E-state index in [1.165, 1.54) is 0 Å². The van der Waals surface area contributed by atoms with Gasteiger partial charge < -0.3 is 10.2 Å². The Hall–Kier alpha value is -1.86. The number of carbonyl (C=O) groups is 1. The molecule has 0 fully saturated rings. The quantitative estimate of drug-likeness (QED) is 0.792. The van der Waals surface area contributed by atoms with Gasteiger partial charge in [-0.25, -0.2) is 0 Å². The highest BCUT2D eigenvalue weighted by Gasteiger charge is 2.05. The minimum absolute atomic E-state index is 0.00708. The highest BCUT2D eigenvalue weighted by Crippen LogP contribution is 2.10. The number of nitrogens with one attached hydrogen (secondary N) is 1. The highest BCUT2D eigenvalue weighted by molar-refractivity contribution is 5.90. The van der Waals surface area contributed by atoms with Crippen molar-refractivity contribution in [1.82, 2.24) is 4.90 Å². The van der Waals surface area contributed by atoms with E-state index in [1.54, 1.807) is 24.3 Å². The average Bonchev–Trinajstić information content (AvgIpc) is 2.46. The lowest BCUT2D eigenvalue weighted by atomic mass is 10.2. The van der Waals surface area contributed by atoms with Gasteiger partial charge in [0.15, 0.2) is 0 Å². The van der Waals surface area contributed by atoms with Crippen LogP contribution in [0.15, 0.2) is 24.3 Å². The number of hydrogen-bond acceptors (Lipinski definition) is 3. The van der Waals surface area contributed by atoms with Gasteiger partial charge in [-0.2, -0.15) is 5.26 Å². The Labute approximate surface area is 121 Å². The molecule has 0 spiro atoms. The van der Waals surface area contributed by atoms with Crippen molar-refractivity contribution < 1.29 is 4.79 Å². The molecule has 0 saturated carbocycles. The third-order valence-electron chi connectivity index (χ3n) is 3.14. The molecule has 1 amide bonds. The molecule has 0 aliphatic carbocycles. The summed E-state index contributed by atoms with van der Waals surface area (Å²) in [5, 5.41) is 11.6. The molecule has 0 saturated heterocycles. The van der Waals surface area contributed by atoms with Crippen LogP contribution in [0.4, 0.5) is 5.69 Å². The van der Waals surface area contributed by atoms with Gasteiger partial charge in [0.25, 0.3) is 0 Å². The monoisotopic (exact) mass is 273 g/mol. The van der Waals surface area contributed by atoms with Crippen LogP contribution in [0.2, 0.25) is 0 Å². The fraction of sp³-hybridized carbons (Fsp3) is 0.500. The van der Waals surface area contributed by atoms with E-state index in [4.69, 9.17) is 5.26 Å². The average molecular weight is 273 g/mol. The van der Waals surface area contributed by atoms with Gasteiger partial charge in [0.2, 0.25) is 5.91 Å². The van der Waals surface area contributed by atoms with Crippen molar-refractivity contribution in [1.29, 1.82) is 5.26 Å². The molecule has 1 N–H and O–H groups in total. The molecule has 4 nitrogen and oxygen atoms in total. The summed E-state index contributed by atoms with van der Waals surface area (Å²) in [5.74, 6) is 0.00708. The van der Waals surface area contributed by atoms with Crippen LogP contribution in [-0.2, 0) is 4.79 Å². The predicted octanol–water partition coefficient (Wildman–Crippen LogP) is 3.01. The molecule has 0 atom stereocenters. The minimum Gasteiger partial charge on any atom is -0.326 e. The first-order valence-electron chi connectivity index (χ1n) is 7.22. The number of carbonyl (C=O) groups excluding carboxylic acids is 1. The third kappa shape index (κ3) is 5.85. The molecule has 108 valence electrons. The van der Waals surface area contributed by atoms with Crippen LogP contribution in [0.1, 0.15) is 38.7 Å². The molecule has 0 heterocycles. The van der Waals surface area contributed by atoms with Gasteiger partial charge in [0.05, 0.1) is 11.6 Å². The van der Waals surface area contributed by atoms with Crippen molar-refractivity contribution in [2.45, 2.75) is 33.1 Å². The molecule has 0 aromatic heterocycles. The third-order valence-corrected chi connectivity index (χ3v) is 3.14. The van der Waals surface area contributed by atoms with Crippen molar-refractivity contribution in [2.75, 3.05) is 25.0 Å². The number of anilines is 1. The van der Waals surface area contributed by atoms with E-state index in [0.29, 0.717) is 17.7 Å². The van der Waals surface area contributed by atoms with Crippen LogP contribution in [0.3, 0.4) is 0 Å². The summed E-state index contributed by atoms with van der Waals surface area (Å²) < 4.78 is 0. The van der Waals surface area contributed by atoms with Crippen LogP contribution in [0, 0.1) is 11.3 Å². The minimum atomic E-state index is 0.00708. The first kappa shape index (κ1) is 16.2. The van der Waals surface area contributed by atoms with Gasteiger partial charge in [0, 0.05) is 12.1 Å². The van der Waals surface area contributed by atoms with E-state index in [1.807, 2.05) is 0 Å². The molecule has 1 aromatic carbocycles. The fourth-order valence-electron chi connectivity index (χ4n) is 2.10. The van der Waals surface area contributed by atoms with E-state index >= 15 is 0 Å². The first-order valence-corrected chi connectivity index (χ1v) is 7.22. The lowest BCUT2D eigenvalue weighted by Crippen LogP contribution is -2.26. The largest absolute Gasteiger partial charge is 0.326 e. The second-order valence-electron chi connectivity index (χ2n) is 4.78. The molecule has 1 rings (SSSR count). The molecule has 0 unspecified atom stereocenters. The van der Waals surface area contributed by atoms with Gasteiger partial charge in [-0.3, -0.25) is 4.79 Å². The summed E-state index contributed by atoms with van der Waals surface area (Å²) in [6, 6.07) is 9.04. The molecular formula is C16H23N3O. The van der Waals surface area contributed by atoms with Crippen LogP contribution in [0.25, 0.3) is 0 Å². The molecule has 0 bridgehead atoms. The lowest BCUT2D eigenvalue weighted by molar-refractivity contribution is -0.116. The molecule has 20 heavy (non-hydrogen) atoms. The summed E-state index contributed by atoms with van der Waals surface area (Å²) in [4.78, 5) is 14.2. The van der Waals surface area contributed by atoms with Crippen molar-refractivity contribution >= 4 is 11.6 Å². The zero-order valence-electron chi connectivity index (χ0n) is 12.4. The van der Waals surface area contributed by atoms with Crippen LogP contribution >= 0.6 is 0 Å². The Balaban J connectivity index is 2.34. The van der Waals surface area contributed by atoms with Crippen LogP contribution in [0.5, 0.6) is 0 Å². The number of amides is 1. The van der Waals surface area contributed by atoms with E-state index in [0.717, 1.165) is 32.5 Å². The molecule has 0 aliphatic rings. The zero-order chi connectivity index (χ0) is 14.8. The number of rotatable bonds is 8. The predicted molar refractivity (Wildman–Crippen MR) is 81.4 cm³/mol. The summed E-state index contributed by atoms with van der Waals surface area (Å²) >= 11 is 0. The molecule has 1 aromatic rings. The Morgan fingerprint density at radius 1 is 1.35 bits per heavy atom. The van der Waals surface area contributed by atoms with Crippen molar-refractivity contribution in [2.24, 2.45) is 0 Å². The van der Waals surface area contributed by atoms with Crippen LogP contribution < -0.4 is 5.32 Å². The number of nitrogens with zero attached hydrogens (tertiary/aromatic N) is 2. The second kappa shape index (κ2) is 9.11. The van der Waals surface area contributed by atoms with Crippen LogP contribution in [-0.4, -0.2) is 30.4 Å². The van der Waals surface area contributed by atoms with Gasteiger partial charge in [-0.15, -0.1) is 0 Å². The molecule has 4 heteroatoms. The second-order valence-corrected chi connectivity index (χ2v) is 4.78. The molecule has 0 radical (unpaired) electrons. The highest BCUT2D eigenvalue weighted by atomic mass is 16.1. The van der Waals surface area contributed by atoms with Gasteiger partial charge in [-0.1, -0.05) is 19.9 Å². The number of hydrogen-bond donors (Lipinski definition) is 1. The van der Waals surface area contributed by atoms with Gasteiger partial charge >= 0.3 is 0 Å². The molecular weight excluding hydrogens is 250 g/mol. The first-order chi connectivity index (χ1) is 9.69. The fourth-order valence-corrected chi connectivity index (χ4v) is 2.10. The smallest absolute Gasteiger partial charge is 0.224 e. The van der Waals surface area contributed by atoms with E-state index < -0.39 is 0 Å². The Bertz CT molecular complexity index is 465.